The maximum absolute atomic E-state index is 13.3. The van der Waals surface area contributed by atoms with Gasteiger partial charge >= 0.3 is 0 Å². The van der Waals surface area contributed by atoms with Gasteiger partial charge < -0.3 is 4.74 Å². The SMILES string of the molecule is CCOc1ccc(C2=C(SC(C)C)C(=O)N(c3ccc(C)c(Cl)c3)C2=O)cc1. The quantitative estimate of drug-likeness (QED) is 0.586. The smallest absolute Gasteiger partial charge is 0.272 e. The monoisotopic (exact) mass is 415 g/mol. The number of imide groups is 1. The lowest BCUT2D eigenvalue weighted by molar-refractivity contribution is -0.119. The molecule has 3 rings (SSSR count). The maximum atomic E-state index is 13.3. The van der Waals surface area contributed by atoms with Crippen LogP contribution in [0.15, 0.2) is 47.4 Å². The Labute approximate surface area is 174 Å². The van der Waals surface area contributed by atoms with E-state index in [9.17, 15) is 9.59 Å². The normalized spacial score (nSPS) is 14.4. The summed E-state index contributed by atoms with van der Waals surface area (Å²) >= 11 is 7.63. The van der Waals surface area contributed by atoms with Crippen LogP contribution in [0.4, 0.5) is 5.69 Å². The Hall–Kier alpha value is -2.24. The van der Waals surface area contributed by atoms with E-state index in [0.29, 0.717) is 33.4 Å². The van der Waals surface area contributed by atoms with Crippen molar-refractivity contribution in [1.82, 2.24) is 0 Å². The van der Waals surface area contributed by atoms with Gasteiger partial charge in [0.05, 0.1) is 22.8 Å². The first kappa shape index (κ1) is 20.5. The van der Waals surface area contributed by atoms with Crippen molar-refractivity contribution in [2.75, 3.05) is 11.5 Å². The number of carbonyl (C=O) groups excluding carboxylic acids is 2. The van der Waals surface area contributed by atoms with Crippen molar-refractivity contribution in [1.29, 1.82) is 0 Å². The molecule has 0 saturated heterocycles. The molecule has 1 aliphatic heterocycles. The van der Waals surface area contributed by atoms with E-state index >= 15 is 0 Å². The number of hydrogen-bond donors (Lipinski definition) is 0. The number of benzene rings is 2. The van der Waals surface area contributed by atoms with Crippen molar-refractivity contribution in [3.8, 4) is 5.75 Å². The number of hydrogen-bond acceptors (Lipinski definition) is 4. The standard InChI is InChI=1S/C22H22ClNO3S/c1-5-27-17-10-7-15(8-11-17)19-20(28-13(2)3)22(26)24(21(19)25)16-9-6-14(4)18(23)12-16/h6-13H,5H2,1-4H3. The highest BCUT2D eigenvalue weighted by atomic mass is 35.5. The number of ether oxygens (including phenoxy) is 1. The highest BCUT2D eigenvalue weighted by molar-refractivity contribution is 8.04. The van der Waals surface area contributed by atoms with Gasteiger partial charge in [0.15, 0.2) is 0 Å². The Bertz CT molecular complexity index is 951. The Balaban J connectivity index is 2.05. The maximum Gasteiger partial charge on any atom is 0.272 e. The van der Waals surface area contributed by atoms with E-state index < -0.39 is 0 Å². The third-order valence-corrected chi connectivity index (χ3v) is 5.76. The van der Waals surface area contributed by atoms with E-state index in [-0.39, 0.29) is 17.1 Å². The largest absolute Gasteiger partial charge is 0.494 e. The third kappa shape index (κ3) is 3.96. The van der Waals surface area contributed by atoms with E-state index in [0.717, 1.165) is 11.3 Å². The van der Waals surface area contributed by atoms with Gasteiger partial charge in [0, 0.05) is 10.3 Å². The minimum absolute atomic E-state index is 0.158. The highest BCUT2D eigenvalue weighted by Gasteiger charge is 2.40. The predicted molar refractivity (Wildman–Crippen MR) is 116 cm³/mol. The van der Waals surface area contributed by atoms with Crippen LogP contribution in [0.25, 0.3) is 5.57 Å². The van der Waals surface area contributed by atoms with Gasteiger partial charge in [-0.2, -0.15) is 0 Å². The van der Waals surface area contributed by atoms with Crippen LogP contribution in [0.1, 0.15) is 31.9 Å². The molecule has 0 saturated carbocycles. The molecule has 0 aliphatic carbocycles. The van der Waals surface area contributed by atoms with Gasteiger partial charge in [0.2, 0.25) is 0 Å². The molecule has 6 heteroatoms. The molecule has 1 heterocycles. The fraction of sp³-hybridized carbons (Fsp3) is 0.273. The molecule has 1 aliphatic rings. The molecule has 0 unspecified atom stereocenters. The Morgan fingerprint density at radius 2 is 1.75 bits per heavy atom. The lowest BCUT2D eigenvalue weighted by Crippen LogP contribution is -2.31. The minimum Gasteiger partial charge on any atom is -0.494 e. The molecule has 0 atom stereocenters. The molecule has 146 valence electrons. The van der Waals surface area contributed by atoms with E-state index in [4.69, 9.17) is 16.3 Å². The average Bonchev–Trinajstić information content (AvgIpc) is 2.88. The second-order valence-electron chi connectivity index (χ2n) is 6.71. The zero-order chi connectivity index (χ0) is 20.4. The van der Waals surface area contributed by atoms with E-state index in [1.54, 1.807) is 12.1 Å². The van der Waals surface area contributed by atoms with Crippen LogP contribution < -0.4 is 9.64 Å². The van der Waals surface area contributed by atoms with Gasteiger partial charge in [-0.15, -0.1) is 11.8 Å². The molecule has 0 fully saturated rings. The number of aryl methyl sites for hydroxylation is 1. The lowest BCUT2D eigenvalue weighted by Gasteiger charge is -2.16. The zero-order valence-electron chi connectivity index (χ0n) is 16.3. The van der Waals surface area contributed by atoms with Crippen molar-refractivity contribution in [3.05, 3.63) is 63.5 Å². The summed E-state index contributed by atoms with van der Waals surface area (Å²) in [6.45, 7) is 8.35. The van der Waals surface area contributed by atoms with Crippen LogP contribution >= 0.6 is 23.4 Å². The van der Waals surface area contributed by atoms with Gasteiger partial charge in [0.25, 0.3) is 11.8 Å². The van der Waals surface area contributed by atoms with Crippen LogP contribution in [0, 0.1) is 6.92 Å². The van der Waals surface area contributed by atoms with Gasteiger partial charge in [-0.25, -0.2) is 4.90 Å². The average molecular weight is 416 g/mol. The van der Waals surface area contributed by atoms with Crippen molar-refractivity contribution in [3.63, 3.8) is 0 Å². The predicted octanol–water partition coefficient (Wildman–Crippen LogP) is 5.47. The van der Waals surface area contributed by atoms with Crippen LogP contribution in [0.3, 0.4) is 0 Å². The third-order valence-electron chi connectivity index (χ3n) is 4.26. The Morgan fingerprint density at radius 1 is 1.07 bits per heavy atom. The molecule has 2 aromatic carbocycles. The van der Waals surface area contributed by atoms with Crippen LogP contribution in [0.2, 0.25) is 5.02 Å². The number of nitrogens with zero attached hydrogens (tertiary/aromatic N) is 1. The molecule has 0 radical (unpaired) electrons. The van der Waals surface area contributed by atoms with Crippen molar-refractivity contribution >= 4 is 46.4 Å². The number of rotatable bonds is 6. The van der Waals surface area contributed by atoms with E-state index in [1.807, 2.05) is 58.0 Å². The number of anilines is 1. The van der Waals surface area contributed by atoms with Crippen LogP contribution in [-0.2, 0) is 9.59 Å². The summed E-state index contributed by atoms with van der Waals surface area (Å²) in [5, 5.41) is 0.677. The highest BCUT2D eigenvalue weighted by Crippen LogP contribution is 2.40. The van der Waals surface area contributed by atoms with Gasteiger partial charge in [-0.1, -0.05) is 43.6 Å². The van der Waals surface area contributed by atoms with Gasteiger partial charge in [-0.3, -0.25) is 9.59 Å². The van der Waals surface area contributed by atoms with Gasteiger partial charge in [-0.05, 0) is 49.2 Å². The van der Waals surface area contributed by atoms with Crippen LogP contribution in [-0.4, -0.2) is 23.7 Å². The molecule has 2 amide bonds. The summed E-state index contributed by atoms with van der Waals surface area (Å²) in [7, 11) is 0. The first-order valence-corrected chi connectivity index (χ1v) is 10.4. The number of halogens is 1. The second kappa shape index (κ2) is 8.41. The molecule has 28 heavy (non-hydrogen) atoms. The first-order chi connectivity index (χ1) is 13.3. The van der Waals surface area contributed by atoms with Crippen molar-refractivity contribution in [2.45, 2.75) is 32.9 Å². The summed E-state index contributed by atoms with van der Waals surface area (Å²) in [5.41, 5.74) is 2.49. The summed E-state index contributed by atoms with van der Waals surface area (Å²) in [4.78, 5) is 28.1. The summed E-state index contributed by atoms with van der Waals surface area (Å²) in [5.74, 6) is 0.0774. The molecular formula is C22H22ClNO3S. The Morgan fingerprint density at radius 3 is 2.32 bits per heavy atom. The van der Waals surface area contributed by atoms with E-state index in [1.165, 1.54) is 16.7 Å². The summed E-state index contributed by atoms with van der Waals surface area (Å²) < 4.78 is 5.48. The van der Waals surface area contributed by atoms with Crippen molar-refractivity contribution in [2.24, 2.45) is 0 Å². The molecule has 0 N–H and O–H groups in total. The van der Waals surface area contributed by atoms with E-state index in [2.05, 4.69) is 0 Å². The number of carbonyl (C=O) groups is 2. The molecule has 0 bridgehead atoms. The fourth-order valence-corrected chi connectivity index (χ4v) is 4.11. The first-order valence-electron chi connectivity index (χ1n) is 9.12. The summed E-state index contributed by atoms with van der Waals surface area (Å²) in [6, 6.07) is 12.5. The molecule has 2 aromatic rings. The molecule has 4 nitrogen and oxygen atoms in total. The summed E-state index contributed by atoms with van der Waals surface area (Å²) in [6.07, 6.45) is 0. The minimum atomic E-state index is -0.336. The number of amides is 2. The second-order valence-corrected chi connectivity index (χ2v) is 8.70. The van der Waals surface area contributed by atoms with Crippen LogP contribution in [0.5, 0.6) is 5.75 Å². The topological polar surface area (TPSA) is 46.6 Å². The zero-order valence-corrected chi connectivity index (χ0v) is 17.9. The molecular weight excluding hydrogens is 394 g/mol. The molecule has 0 spiro atoms. The van der Waals surface area contributed by atoms with Gasteiger partial charge in [0.1, 0.15) is 5.75 Å². The number of thioether (sulfide) groups is 1. The lowest BCUT2D eigenvalue weighted by atomic mass is 10.1. The fourth-order valence-electron chi connectivity index (χ4n) is 2.95. The van der Waals surface area contributed by atoms with Crippen molar-refractivity contribution < 1.29 is 14.3 Å². The Kier molecular flexibility index (Phi) is 6.16. The molecule has 0 aromatic heterocycles.